The van der Waals surface area contributed by atoms with E-state index >= 15 is 0 Å². The van der Waals surface area contributed by atoms with Crippen LogP contribution >= 0.6 is 0 Å². The van der Waals surface area contributed by atoms with Gasteiger partial charge in [0.15, 0.2) is 11.6 Å². The van der Waals surface area contributed by atoms with Gasteiger partial charge in [0.2, 0.25) is 0 Å². The SMILES string of the molecule is Nc1nc(=O)n([C@@H]2CO[C@H](CO)[C@@H](O)[C@@H]2O)cc1F. The molecule has 2 rings (SSSR count). The van der Waals surface area contributed by atoms with E-state index in [1.807, 2.05) is 0 Å². The molecule has 2 heterocycles. The van der Waals surface area contributed by atoms with E-state index in [1.54, 1.807) is 0 Å². The van der Waals surface area contributed by atoms with Crippen molar-refractivity contribution in [2.24, 2.45) is 0 Å². The molecular formula is C10H14FN3O5. The molecule has 1 aromatic rings. The van der Waals surface area contributed by atoms with Crippen molar-refractivity contribution in [3.63, 3.8) is 0 Å². The Morgan fingerprint density at radius 3 is 2.84 bits per heavy atom. The van der Waals surface area contributed by atoms with Crippen LogP contribution in [0.4, 0.5) is 10.2 Å². The number of nitrogens with zero attached hydrogens (tertiary/aromatic N) is 2. The average molecular weight is 275 g/mol. The summed E-state index contributed by atoms with van der Waals surface area (Å²) in [6.07, 6.45) is -2.94. The molecule has 0 spiro atoms. The summed E-state index contributed by atoms with van der Waals surface area (Å²) in [6.45, 7) is -0.650. The third-order valence-electron chi connectivity index (χ3n) is 3.08. The van der Waals surface area contributed by atoms with Crippen molar-refractivity contribution < 1.29 is 24.4 Å². The van der Waals surface area contributed by atoms with Gasteiger partial charge in [-0.3, -0.25) is 4.57 Å². The highest BCUT2D eigenvalue weighted by Gasteiger charge is 2.39. The lowest BCUT2D eigenvalue weighted by atomic mass is 9.98. The van der Waals surface area contributed by atoms with Crippen LogP contribution < -0.4 is 11.4 Å². The Labute approximate surface area is 106 Å². The Morgan fingerprint density at radius 2 is 2.21 bits per heavy atom. The Bertz CT molecular complexity index is 522. The minimum absolute atomic E-state index is 0.172. The smallest absolute Gasteiger partial charge is 0.350 e. The highest BCUT2D eigenvalue weighted by molar-refractivity contribution is 5.26. The zero-order chi connectivity index (χ0) is 14.2. The second kappa shape index (κ2) is 5.21. The maximum Gasteiger partial charge on any atom is 0.350 e. The van der Waals surface area contributed by atoms with Crippen molar-refractivity contribution >= 4 is 5.82 Å². The first-order chi connectivity index (χ1) is 8.95. The first-order valence-electron chi connectivity index (χ1n) is 5.58. The molecule has 0 bridgehead atoms. The van der Waals surface area contributed by atoms with Gasteiger partial charge in [0.1, 0.15) is 18.3 Å². The number of aliphatic hydroxyl groups is 3. The number of hydrogen-bond donors (Lipinski definition) is 4. The molecule has 1 saturated heterocycles. The topological polar surface area (TPSA) is 131 Å². The minimum atomic E-state index is -1.39. The van der Waals surface area contributed by atoms with E-state index in [0.29, 0.717) is 0 Å². The lowest BCUT2D eigenvalue weighted by molar-refractivity contribution is -0.170. The zero-order valence-corrected chi connectivity index (χ0v) is 9.81. The van der Waals surface area contributed by atoms with Crippen LogP contribution in [0, 0.1) is 5.82 Å². The first-order valence-corrected chi connectivity index (χ1v) is 5.58. The lowest BCUT2D eigenvalue weighted by Crippen LogP contribution is -2.53. The zero-order valence-electron chi connectivity index (χ0n) is 9.81. The molecule has 5 N–H and O–H groups in total. The van der Waals surface area contributed by atoms with Crippen LogP contribution in [0.2, 0.25) is 0 Å². The molecular weight excluding hydrogens is 261 g/mol. The van der Waals surface area contributed by atoms with Crippen LogP contribution in [0.3, 0.4) is 0 Å². The molecule has 0 unspecified atom stereocenters. The van der Waals surface area contributed by atoms with Crippen molar-refractivity contribution in [2.45, 2.75) is 24.4 Å². The molecule has 9 heteroatoms. The standard InChI is InChI=1S/C10H14FN3O5/c11-4-1-14(10(18)13-9(4)12)5-3-19-6(2-15)8(17)7(5)16/h1,5-8,15-17H,2-3H2,(H2,12,13,18)/t5-,6-,7-,8-/m1/s1. The number of nitrogens with two attached hydrogens (primary N) is 1. The Hall–Kier alpha value is -1.55. The van der Waals surface area contributed by atoms with Crippen molar-refractivity contribution in [1.29, 1.82) is 0 Å². The number of nitrogen functional groups attached to an aromatic ring is 1. The first kappa shape index (κ1) is 13.9. The molecule has 19 heavy (non-hydrogen) atoms. The van der Waals surface area contributed by atoms with E-state index in [-0.39, 0.29) is 6.61 Å². The van der Waals surface area contributed by atoms with Crippen molar-refractivity contribution in [3.05, 3.63) is 22.5 Å². The van der Waals surface area contributed by atoms with E-state index in [0.717, 1.165) is 10.8 Å². The Morgan fingerprint density at radius 1 is 1.53 bits per heavy atom. The quantitative estimate of drug-likeness (QED) is 0.474. The van der Waals surface area contributed by atoms with Crippen LogP contribution in [-0.2, 0) is 4.74 Å². The summed E-state index contributed by atoms with van der Waals surface area (Å²) >= 11 is 0. The number of anilines is 1. The van der Waals surface area contributed by atoms with Gasteiger partial charge in [-0.2, -0.15) is 4.98 Å². The molecule has 4 atom stereocenters. The third-order valence-corrected chi connectivity index (χ3v) is 3.08. The normalized spacial score (nSPS) is 31.4. The maximum atomic E-state index is 13.3. The summed E-state index contributed by atoms with van der Waals surface area (Å²) in [6, 6.07) is -1.01. The fraction of sp³-hybridized carbons (Fsp3) is 0.600. The van der Waals surface area contributed by atoms with Gasteiger partial charge in [0.25, 0.3) is 0 Å². The lowest BCUT2D eigenvalue weighted by Gasteiger charge is -2.37. The summed E-state index contributed by atoms with van der Waals surface area (Å²) in [5, 5.41) is 28.5. The van der Waals surface area contributed by atoms with Gasteiger partial charge in [-0.05, 0) is 0 Å². The van der Waals surface area contributed by atoms with E-state index < -0.39 is 48.3 Å². The third kappa shape index (κ3) is 2.45. The minimum Gasteiger partial charge on any atom is -0.394 e. The molecule has 1 aliphatic rings. The van der Waals surface area contributed by atoms with Crippen molar-refractivity contribution in [1.82, 2.24) is 9.55 Å². The van der Waals surface area contributed by atoms with E-state index in [9.17, 15) is 19.4 Å². The second-order valence-electron chi connectivity index (χ2n) is 4.27. The van der Waals surface area contributed by atoms with Crippen LogP contribution in [-0.4, -0.2) is 56.4 Å². The van der Waals surface area contributed by atoms with Crippen LogP contribution in [0.25, 0.3) is 0 Å². The summed E-state index contributed by atoms with van der Waals surface area (Å²) in [7, 11) is 0. The van der Waals surface area contributed by atoms with Gasteiger partial charge in [-0.25, -0.2) is 9.18 Å². The molecule has 1 aliphatic heterocycles. The van der Waals surface area contributed by atoms with Crippen LogP contribution in [0.15, 0.2) is 11.0 Å². The molecule has 0 amide bonds. The van der Waals surface area contributed by atoms with Crippen molar-refractivity contribution in [2.75, 3.05) is 18.9 Å². The summed E-state index contributed by atoms with van der Waals surface area (Å²) in [5.41, 5.74) is 4.29. The molecule has 0 aromatic carbocycles. The van der Waals surface area contributed by atoms with Crippen LogP contribution in [0.1, 0.15) is 6.04 Å². The van der Waals surface area contributed by atoms with Gasteiger partial charge >= 0.3 is 5.69 Å². The predicted molar refractivity (Wildman–Crippen MR) is 60.7 cm³/mol. The largest absolute Gasteiger partial charge is 0.394 e. The molecule has 1 fully saturated rings. The molecule has 1 aromatic heterocycles. The number of halogens is 1. The Balaban J connectivity index is 2.33. The van der Waals surface area contributed by atoms with Gasteiger partial charge in [-0.15, -0.1) is 0 Å². The van der Waals surface area contributed by atoms with Gasteiger partial charge in [0, 0.05) is 6.20 Å². The second-order valence-corrected chi connectivity index (χ2v) is 4.27. The fourth-order valence-corrected chi connectivity index (χ4v) is 1.97. The molecule has 106 valence electrons. The van der Waals surface area contributed by atoms with E-state index in [1.165, 1.54) is 0 Å². The highest BCUT2D eigenvalue weighted by atomic mass is 19.1. The number of aliphatic hydroxyl groups excluding tert-OH is 3. The van der Waals surface area contributed by atoms with E-state index in [4.69, 9.17) is 15.6 Å². The van der Waals surface area contributed by atoms with Gasteiger partial charge in [-0.1, -0.05) is 0 Å². The number of hydrogen-bond acceptors (Lipinski definition) is 7. The molecule has 0 saturated carbocycles. The van der Waals surface area contributed by atoms with Gasteiger partial charge in [0.05, 0.1) is 19.3 Å². The van der Waals surface area contributed by atoms with Gasteiger partial charge < -0.3 is 25.8 Å². The summed E-state index contributed by atoms with van der Waals surface area (Å²) < 4.78 is 19.2. The fourth-order valence-electron chi connectivity index (χ4n) is 1.97. The van der Waals surface area contributed by atoms with Crippen LogP contribution in [0.5, 0.6) is 0 Å². The van der Waals surface area contributed by atoms with Crippen molar-refractivity contribution in [3.8, 4) is 0 Å². The number of ether oxygens (including phenoxy) is 1. The summed E-state index contributed by atoms with van der Waals surface area (Å²) in [5.74, 6) is -1.45. The molecule has 0 aliphatic carbocycles. The number of rotatable bonds is 2. The molecule has 0 radical (unpaired) electrons. The molecule has 8 nitrogen and oxygen atoms in total. The maximum absolute atomic E-state index is 13.3. The van der Waals surface area contributed by atoms with E-state index in [2.05, 4.69) is 4.98 Å². The highest BCUT2D eigenvalue weighted by Crippen LogP contribution is 2.23. The summed E-state index contributed by atoms with van der Waals surface area (Å²) in [4.78, 5) is 14.9. The predicted octanol–water partition coefficient (Wildman–Crippen LogP) is -2.38. The Kier molecular flexibility index (Phi) is 3.80. The number of aromatic nitrogens is 2. The average Bonchev–Trinajstić information content (AvgIpc) is 2.37. The monoisotopic (exact) mass is 275 g/mol.